The van der Waals surface area contributed by atoms with Crippen molar-refractivity contribution in [3.05, 3.63) is 59.8 Å². The number of benzene rings is 1. The van der Waals surface area contributed by atoms with Gasteiger partial charge >= 0.3 is 0 Å². The SMILES string of the molecule is C#CC1=C[C-]=C(c2ccc(OCC#N)cc2)N(C)C1=C.[Y]. The molecule has 3 nitrogen and oxygen atoms in total. The predicted octanol–water partition coefficient (Wildman–Crippen LogP) is 2.75. The fourth-order valence-corrected chi connectivity index (χ4v) is 1.86. The maximum absolute atomic E-state index is 8.47. The van der Waals surface area contributed by atoms with E-state index >= 15 is 0 Å². The Morgan fingerprint density at radius 1 is 1.38 bits per heavy atom. The number of allylic oxidation sites excluding steroid dienone is 3. The minimum Gasteiger partial charge on any atom is -0.479 e. The molecule has 0 saturated carbocycles. The van der Waals surface area contributed by atoms with Gasteiger partial charge in [-0.3, -0.25) is 0 Å². The molecule has 0 spiro atoms. The quantitative estimate of drug-likeness (QED) is 0.621. The van der Waals surface area contributed by atoms with Gasteiger partial charge < -0.3 is 9.64 Å². The summed E-state index contributed by atoms with van der Waals surface area (Å²) < 4.78 is 5.22. The maximum Gasteiger partial charge on any atom is 0.174 e. The van der Waals surface area contributed by atoms with Crippen molar-refractivity contribution in [2.24, 2.45) is 0 Å². The first-order valence-electron chi connectivity index (χ1n) is 6.01. The van der Waals surface area contributed by atoms with Crippen LogP contribution in [-0.2, 0) is 32.7 Å². The number of nitrogens with zero attached hydrogens (tertiary/aromatic N) is 2. The van der Waals surface area contributed by atoms with Crippen molar-refractivity contribution in [1.82, 2.24) is 4.90 Å². The summed E-state index contributed by atoms with van der Waals surface area (Å²) in [5, 5.41) is 8.47. The minimum atomic E-state index is 0. The van der Waals surface area contributed by atoms with E-state index in [2.05, 4.69) is 18.6 Å². The molecule has 0 saturated heterocycles. The van der Waals surface area contributed by atoms with Crippen molar-refractivity contribution in [3.8, 4) is 24.2 Å². The van der Waals surface area contributed by atoms with E-state index < -0.39 is 0 Å². The summed E-state index contributed by atoms with van der Waals surface area (Å²) in [7, 11) is 1.90. The predicted molar refractivity (Wildman–Crippen MR) is 78.0 cm³/mol. The molecule has 1 aliphatic heterocycles. The molecule has 1 aliphatic rings. The van der Waals surface area contributed by atoms with E-state index in [1.54, 1.807) is 6.08 Å². The first-order chi connectivity index (χ1) is 9.67. The topological polar surface area (TPSA) is 36.3 Å². The molecule has 0 unspecified atom stereocenters. The third kappa shape index (κ3) is 3.85. The standard InChI is InChI=1S/C17H13N2O.Y/c1-4-14-7-10-17(19(3)13(14)2)15-5-8-16(9-6-15)20-12-11-18;/h1,5-9H,2,12H2,3H3;/q-1;. The number of hydrogen-bond donors (Lipinski definition) is 0. The molecule has 0 atom stereocenters. The number of ether oxygens (including phenoxy) is 1. The van der Waals surface area contributed by atoms with Gasteiger partial charge in [0.05, 0.1) is 0 Å². The summed E-state index contributed by atoms with van der Waals surface area (Å²) in [4.78, 5) is 1.90. The van der Waals surface area contributed by atoms with Crippen molar-refractivity contribution < 1.29 is 37.4 Å². The van der Waals surface area contributed by atoms with Crippen LogP contribution in [0.15, 0.2) is 48.2 Å². The van der Waals surface area contributed by atoms with Crippen molar-refractivity contribution in [1.29, 1.82) is 5.26 Å². The number of hydrogen-bond acceptors (Lipinski definition) is 3. The molecule has 1 heterocycles. The molecule has 0 bridgehead atoms. The van der Waals surface area contributed by atoms with Gasteiger partial charge in [0.2, 0.25) is 0 Å². The van der Waals surface area contributed by atoms with Crippen molar-refractivity contribution in [2.45, 2.75) is 0 Å². The third-order valence-electron chi connectivity index (χ3n) is 2.99. The molecule has 0 N–H and O–H groups in total. The average molecular weight is 350 g/mol. The van der Waals surface area contributed by atoms with E-state index in [0.29, 0.717) is 5.75 Å². The van der Waals surface area contributed by atoms with Gasteiger partial charge in [0.25, 0.3) is 0 Å². The molecule has 0 aromatic heterocycles. The first kappa shape index (κ1) is 17.2. The van der Waals surface area contributed by atoms with Crippen LogP contribution >= 0.6 is 0 Å². The van der Waals surface area contributed by atoms with Crippen LogP contribution in [0.2, 0.25) is 0 Å². The second-order valence-corrected chi connectivity index (χ2v) is 4.17. The Balaban J connectivity index is 0.00000220. The summed E-state index contributed by atoms with van der Waals surface area (Å²) in [5.41, 5.74) is 3.36. The van der Waals surface area contributed by atoms with Crippen LogP contribution in [0, 0.1) is 29.8 Å². The Hall–Kier alpha value is -1.81. The molecule has 1 radical (unpaired) electrons. The summed E-state index contributed by atoms with van der Waals surface area (Å²) in [5.74, 6) is 3.24. The largest absolute Gasteiger partial charge is 0.479 e. The summed E-state index contributed by atoms with van der Waals surface area (Å²) in [6.07, 6.45) is 10.3. The van der Waals surface area contributed by atoms with Gasteiger partial charge in [-0.15, -0.1) is 24.5 Å². The minimum absolute atomic E-state index is 0. The van der Waals surface area contributed by atoms with Crippen LogP contribution in [0.1, 0.15) is 5.56 Å². The number of terminal acetylenes is 1. The monoisotopic (exact) mass is 350 g/mol. The van der Waals surface area contributed by atoms with Crippen molar-refractivity contribution in [2.75, 3.05) is 13.7 Å². The zero-order valence-corrected chi connectivity index (χ0v) is 14.6. The smallest absolute Gasteiger partial charge is 0.174 e. The van der Waals surface area contributed by atoms with Gasteiger partial charge in [-0.2, -0.15) is 17.4 Å². The van der Waals surface area contributed by atoms with E-state index in [1.165, 1.54) is 0 Å². The van der Waals surface area contributed by atoms with Crippen molar-refractivity contribution >= 4 is 5.70 Å². The van der Waals surface area contributed by atoms with Gasteiger partial charge in [0.1, 0.15) is 11.8 Å². The zero-order valence-electron chi connectivity index (χ0n) is 11.8. The second kappa shape index (κ2) is 7.84. The van der Waals surface area contributed by atoms with E-state index in [9.17, 15) is 0 Å². The molecular weight excluding hydrogens is 337 g/mol. The van der Waals surface area contributed by atoms with Crippen LogP contribution in [0.25, 0.3) is 5.70 Å². The molecule has 1 aromatic carbocycles. The second-order valence-electron chi connectivity index (χ2n) is 4.17. The molecule has 0 amide bonds. The number of rotatable bonds is 3. The Morgan fingerprint density at radius 3 is 2.62 bits per heavy atom. The van der Waals surface area contributed by atoms with E-state index in [-0.39, 0.29) is 39.3 Å². The summed E-state index contributed by atoms with van der Waals surface area (Å²) >= 11 is 0. The summed E-state index contributed by atoms with van der Waals surface area (Å²) in [6, 6.07) is 9.39. The fraction of sp³-hybridized carbons (Fsp3) is 0.118. The fourth-order valence-electron chi connectivity index (χ4n) is 1.86. The van der Waals surface area contributed by atoms with E-state index in [4.69, 9.17) is 16.4 Å². The molecule has 0 aliphatic carbocycles. The molecule has 2 rings (SSSR count). The molecule has 0 fully saturated rings. The van der Waals surface area contributed by atoms with E-state index in [0.717, 1.165) is 22.5 Å². The third-order valence-corrected chi connectivity index (χ3v) is 2.99. The Bertz CT molecular complexity index is 672. The number of nitriles is 1. The maximum atomic E-state index is 8.47. The molecule has 101 valence electrons. The molecular formula is C17H13N2OY-. The molecule has 4 heteroatoms. The average Bonchev–Trinajstić information content (AvgIpc) is 2.48. The van der Waals surface area contributed by atoms with Gasteiger partial charge in [0, 0.05) is 39.8 Å². The van der Waals surface area contributed by atoms with Gasteiger partial charge in [-0.05, 0) is 17.8 Å². The van der Waals surface area contributed by atoms with E-state index in [1.807, 2.05) is 42.3 Å². The van der Waals surface area contributed by atoms with Crippen LogP contribution < -0.4 is 4.74 Å². The Kier molecular flexibility index (Phi) is 6.44. The molecule has 1 aromatic rings. The zero-order chi connectivity index (χ0) is 14.5. The van der Waals surface area contributed by atoms with Gasteiger partial charge in [-0.25, -0.2) is 0 Å². The Labute approximate surface area is 150 Å². The van der Waals surface area contributed by atoms with Gasteiger partial charge in [0.15, 0.2) is 6.61 Å². The summed E-state index contributed by atoms with van der Waals surface area (Å²) in [6.45, 7) is 4.02. The van der Waals surface area contributed by atoms with Crippen molar-refractivity contribution in [3.63, 3.8) is 0 Å². The first-order valence-corrected chi connectivity index (χ1v) is 6.01. The Morgan fingerprint density at radius 2 is 2.05 bits per heavy atom. The number of likely N-dealkylation sites (N-methyl/N-ethyl adjacent to an activating group) is 1. The molecule has 21 heavy (non-hydrogen) atoms. The van der Waals surface area contributed by atoms with Crippen LogP contribution in [0.5, 0.6) is 5.75 Å². The van der Waals surface area contributed by atoms with Crippen LogP contribution in [0.3, 0.4) is 0 Å². The van der Waals surface area contributed by atoms with Gasteiger partial charge in [-0.1, -0.05) is 23.4 Å². The van der Waals surface area contributed by atoms with Crippen LogP contribution in [-0.4, -0.2) is 18.6 Å². The van der Waals surface area contributed by atoms with Crippen LogP contribution in [0.4, 0.5) is 0 Å². The normalized spacial score (nSPS) is 13.3.